The number of hydrogen-bond donors (Lipinski definition) is 0. The van der Waals surface area contributed by atoms with Gasteiger partial charge < -0.3 is 18.9 Å². The summed E-state index contributed by atoms with van der Waals surface area (Å²) in [5.74, 6) is -0.714. The Bertz CT molecular complexity index is 1190. The molecule has 0 N–H and O–H groups in total. The highest BCUT2D eigenvalue weighted by Crippen LogP contribution is 2.34. The van der Waals surface area contributed by atoms with E-state index in [9.17, 15) is 9.59 Å². The van der Waals surface area contributed by atoms with Crippen molar-refractivity contribution in [3.8, 4) is 5.69 Å². The van der Waals surface area contributed by atoms with E-state index in [4.69, 9.17) is 21.1 Å². The zero-order valence-corrected chi connectivity index (χ0v) is 20.5. The topological polar surface area (TPSA) is 60.8 Å². The summed E-state index contributed by atoms with van der Waals surface area (Å²) in [4.78, 5) is 27.7. The van der Waals surface area contributed by atoms with E-state index in [2.05, 4.69) is 4.57 Å². The minimum absolute atomic E-state index is 0.0157. The number of esters is 1. The molecule has 1 saturated heterocycles. The molecule has 1 fully saturated rings. The summed E-state index contributed by atoms with van der Waals surface area (Å²) < 4.78 is 12.9. The van der Waals surface area contributed by atoms with E-state index >= 15 is 0 Å². The quantitative estimate of drug-likeness (QED) is 0.462. The van der Waals surface area contributed by atoms with E-state index in [-0.39, 0.29) is 12.0 Å². The molecule has 1 atom stereocenters. The molecule has 0 spiro atoms. The number of hydrogen-bond acceptors (Lipinski definition) is 4. The first kappa shape index (κ1) is 23.3. The van der Waals surface area contributed by atoms with Crippen LogP contribution in [0.1, 0.15) is 42.3 Å². The molecule has 0 aliphatic carbocycles. The summed E-state index contributed by atoms with van der Waals surface area (Å²) in [6, 6.07) is 7.80. The van der Waals surface area contributed by atoms with Crippen LogP contribution in [-0.2, 0) is 19.1 Å². The molecule has 1 amide bonds. The molecule has 2 aromatic rings. The third-order valence-electron chi connectivity index (χ3n) is 6.49. The largest absolute Gasteiger partial charge is 0.465 e. The van der Waals surface area contributed by atoms with Crippen molar-refractivity contribution in [3.05, 3.63) is 68.6 Å². The zero-order chi connectivity index (χ0) is 23.9. The monoisotopic (exact) mass is 468 g/mol. The second-order valence-electron chi connectivity index (χ2n) is 8.65. The standard InChI is InChI=1S/C26H29ClN2O4/c1-15-8-9-20(27)13-23(15)29-16(2)11-19(17(29)3)12-22-24(26(31)32-5)18(4)28(25(22)30)14-21-7-6-10-33-21/h8-9,11-13,21H,6-7,10,14H2,1-5H3/b22-12-/t21-/m0/s1. The first-order valence-electron chi connectivity index (χ1n) is 11.1. The highest BCUT2D eigenvalue weighted by Gasteiger charge is 2.38. The molecule has 3 heterocycles. The smallest absolute Gasteiger partial charge is 0.340 e. The third-order valence-corrected chi connectivity index (χ3v) is 6.73. The Kier molecular flexibility index (Phi) is 6.50. The second-order valence-corrected chi connectivity index (χ2v) is 9.09. The van der Waals surface area contributed by atoms with Crippen molar-refractivity contribution in [3.63, 3.8) is 0 Å². The predicted octanol–water partition coefficient (Wildman–Crippen LogP) is 4.91. The van der Waals surface area contributed by atoms with Gasteiger partial charge in [0.05, 0.1) is 30.9 Å². The SMILES string of the molecule is COC(=O)C1=C(C)N(C[C@@H]2CCCO2)C(=O)/C1=C\c1cc(C)n(-c2cc(Cl)ccc2C)c1C. The van der Waals surface area contributed by atoms with Crippen molar-refractivity contribution in [2.75, 3.05) is 20.3 Å². The van der Waals surface area contributed by atoms with Gasteiger partial charge in [0.25, 0.3) is 5.91 Å². The van der Waals surface area contributed by atoms with Gasteiger partial charge in [-0.3, -0.25) is 4.79 Å². The number of allylic oxidation sites excluding steroid dienone is 1. The molecule has 4 rings (SSSR count). The van der Waals surface area contributed by atoms with E-state index in [1.807, 2.05) is 45.0 Å². The number of carbonyl (C=O) groups is 2. The number of benzene rings is 1. The zero-order valence-electron chi connectivity index (χ0n) is 19.7. The molecule has 0 bridgehead atoms. The van der Waals surface area contributed by atoms with Gasteiger partial charge in [-0.25, -0.2) is 4.79 Å². The summed E-state index contributed by atoms with van der Waals surface area (Å²) in [6.45, 7) is 8.97. The Labute approximate surface area is 199 Å². The maximum absolute atomic E-state index is 13.4. The van der Waals surface area contributed by atoms with Crippen LogP contribution in [-0.4, -0.2) is 47.7 Å². The molecule has 1 aromatic carbocycles. The summed E-state index contributed by atoms with van der Waals surface area (Å²) in [5, 5.41) is 0.658. The summed E-state index contributed by atoms with van der Waals surface area (Å²) in [7, 11) is 1.33. The van der Waals surface area contributed by atoms with E-state index in [0.29, 0.717) is 35.0 Å². The van der Waals surface area contributed by atoms with Crippen molar-refractivity contribution in [1.29, 1.82) is 0 Å². The molecule has 2 aliphatic heterocycles. The van der Waals surface area contributed by atoms with Gasteiger partial charge in [-0.05, 0) is 75.9 Å². The molecular weight excluding hydrogens is 440 g/mol. The van der Waals surface area contributed by atoms with Crippen LogP contribution in [0.4, 0.5) is 0 Å². The maximum atomic E-state index is 13.4. The van der Waals surface area contributed by atoms with Gasteiger partial charge in [-0.15, -0.1) is 0 Å². The third kappa shape index (κ3) is 4.25. The summed E-state index contributed by atoms with van der Waals surface area (Å²) in [5.41, 5.74) is 6.16. The number of amides is 1. The number of carbonyl (C=O) groups excluding carboxylic acids is 2. The Morgan fingerprint density at radius 3 is 2.67 bits per heavy atom. The van der Waals surface area contributed by atoms with Crippen LogP contribution in [0, 0.1) is 20.8 Å². The molecule has 33 heavy (non-hydrogen) atoms. The van der Waals surface area contributed by atoms with Crippen LogP contribution >= 0.6 is 11.6 Å². The fraction of sp³-hybridized carbons (Fsp3) is 0.385. The van der Waals surface area contributed by atoms with Crippen molar-refractivity contribution in [2.24, 2.45) is 0 Å². The lowest BCUT2D eigenvalue weighted by molar-refractivity contribution is -0.136. The second kappa shape index (κ2) is 9.20. The molecule has 6 nitrogen and oxygen atoms in total. The highest BCUT2D eigenvalue weighted by molar-refractivity contribution is 6.30. The van der Waals surface area contributed by atoms with E-state index < -0.39 is 5.97 Å². The molecule has 174 valence electrons. The minimum atomic E-state index is -0.513. The molecule has 7 heteroatoms. The molecule has 0 radical (unpaired) electrons. The average Bonchev–Trinajstić information content (AvgIpc) is 3.45. The van der Waals surface area contributed by atoms with Crippen LogP contribution in [0.3, 0.4) is 0 Å². The van der Waals surface area contributed by atoms with Crippen LogP contribution in [0.2, 0.25) is 5.02 Å². The van der Waals surface area contributed by atoms with Crippen molar-refractivity contribution in [1.82, 2.24) is 9.47 Å². The fourth-order valence-corrected chi connectivity index (χ4v) is 4.89. The lowest BCUT2D eigenvalue weighted by Crippen LogP contribution is -2.33. The molecule has 2 aliphatic rings. The van der Waals surface area contributed by atoms with Crippen molar-refractivity contribution >= 4 is 29.6 Å². The number of halogens is 1. The van der Waals surface area contributed by atoms with Gasteiger partial charge in [-0.2, -0.15) is 0 Å². The minimum Gasteiger partial charge on any atom is -0.465 e. The average molecular weight is 469 g/mol. The number of ether oxygens (including phenoxy) is 2. The van der Waals surface area contributed by atoms with Crippen molar-refractivity contribution in [2.45, 2.75) is 46.6 Å². The molecule has 0 saturated carbocycles. The Hall–Kier alpha value is -2.83. The maximum Gasteiger partial charge on any atom is 0.340 e. The van der Waals surface area contributed by atoms with E-state index in [0.717, 1.165) is 41.0 Å². The molecule has 0 unspecified atom stereocenters. The molecule has 1 aromatic heterocycles. The highest BCUT2D eigenvalue weighted by atomic mass is 35.5. The van der Waals surface area contributed by atoms with E-state index in [1.165, 1.54) is 7.11 Å². The number of rotatable bonds is 5. The first-order chi connectivity index (χ1) is 15.7. The van der Waals surface area contributed by atoms with Gasteiger partial charge in [-0.1, -0.05) is 17.7 Å². The van der Waals surface area contributed by atoms with Crippen LogP contribution in [0.25, 0.3) is 11.8 Å². The predicted molar refractivity (Wildman–Crippen MR) is 128 cm³/mol. The first-order valence-corrected chi connectivity index (χ1v) is 11.5. The van der Waals surface area contributed by atoms with Crippen LogP contribution in [0.5, 0.6) is 0 Å². The van der Waals surface area contributed by atoms with Crippen LogP contribution in [0.15, 0.2) is 41.1 Å². The number of aromatic nitrogens is 1. The van der Waals surface area contributed by atoms with Gasteiger partial charge >= 0.3 is 5.97 Å². The van der Waals surface area contributed by atoms with Gasteiger partial charge in [0.2, 0.25) is 0 Å². The summed E-state index contributed by atoms with van der Waals surface area (Å²) >= 11 is 6.26. The fourth-order valence-electron chi connectivity index (χ4n) is 4.72. The Morgan fingerprint density at radius 1 is 1.24 bits per heavy atom. The molecular formula is C26H29ClN2O4. The number of methoxy groups -OCH3 is 1. The van der Waals surface area contributed by atoms with Crippen LogP contribution < -0.4 is 0 Å². The lowest BCUT2D eigenvalue weighted by Gasteiger charge is -2.21. The van der Waals surface area contributed by atoms with Gasteiger partial charge in [0.1, 0.15) is 0 Å². The normalized spacial score (nSPS) is 19.8. The van der Waals surface area contributed by atoms with Crippen molar-refractivity contribution < 1.29 is 19.1 Å². The van der Waals surface area contributed by atoms with Gasteiger partial charge in [0, 0.05) is 34.4 Å². The lowest BCUT2D eigenvalue weighted by atomic mass is 10.0. The van der Waals surface area contributed by atoms with E-state index in [1.54, 1.807) is 17.9 Å². The Morgan fingerprint density at radius 2 is 2.00 bits per heavy atom. The number of nitrogens with zero attached hydrogens (tertiary/aromatic N) is 2. The summed E-state index contributed by atoms with van der Waals surface area (Å²) in [6.07, 6.45) is 3.67. The number of aryl methyl sites for hydroxylation is 2. The van der Waals surface area contributed by atoms with Gasteiger partial charge in [0.15, 0.2) is 0 Å². The Balaban J connectivity index is 1.78.